The van der Waals surface area contributed by atoms with Crippen molar-refractivity contribution < 1.29 is 14.3 Å². The molecule has 0 aliphatic heterocycles. The van der Waals surface area contributed by atoms with E-state index >= 15 is 0 Å². The van der Waals surface area contributed by atoms with Crippen molar-refractivity contribution in [1.29, 1.82) is 0 Å². The minimum absolute atomic E-state index is 0.294. The normalized spacial score (nSPS) is 10.8. The van der Waals surface area contributed by atoms with Gasteiger partial charge in [0.2, 0.25) is 0 Å². The number of carbonyl (C=O) groups excluding carboxylic acids is 2. The first-order valence-electron chi connectivity index (χ1n) is 7.58. The van der Waals surface area contributed by atoms with Crippen LogP contribution in [0, 0.1) is 6.92 Å². The predicted octanol–water partition coefficient (Wildman–Crippen LogP) is 2.52. The Morgan fingerprint density at radius 2 is 1.83 bits per heavy atom. The maximum absolute atomic E-state index is 12.3. The van der Waals surface area contributed by atoms with Crippen LogP contribution >= 0.6 is 0 Å². The number of rotatable bonds is 5. The first-order valence-corrected chi connectivity index (χ1v) is 7.58. The van der Waals surface area contributed by atoms with E-state index in [1.807, 2.05) is 49.4 Å². The molecule has 1 amide bonds. The van der Waals surface area contributed by atoms with Crippen molar-refractivity contribution in [1.82, 2.24) is 4.40 Å². The van der Waals surface area contributed by atoms with Crippen molar-refractivity contribution in [3.8, 4) is 5.75 Å². The quantitative estimate of drug-likeness (QED) is 0.579. The van der Waals surface area contributed by atoms with Gasteiger partial charge in [0.05, 0.1) is 13.3 Å². The molecule has 0 bridgehead atoms. The van der Waals surface area contributed by atoms with Gasteiger partial charge in [-0.15, -0.1) is 0 Å². The highest BCUT2D eigenvalue weighted by Crippen LogP contribution is 2.28. The van der Waals surface area contributed by atoms with E-state index in [0.717, 1.165) is 22.2 Å². The summed E-state index contributed by atoms with van der Waals surface area (Å²) < 4.78 is 6.93. The minimum Gasteiger partial charge on any atom is -0.495 e. The Morgan fingerprint density at radius 1 is 1.12 bits per heavy atom. The fourth-order valence-electron chi connectivity index (χ4n) is 2.97. The second-order valence-corrected chi connectivity index (χ2v) is 5.63. The van der Waals surface area contributed by atoms with Gasteiger partial charge in [0.15, 0.2) is 0 Å². The van der Waals surface area contributed by atoms with Crippen molar-refractivity contribution in [2.75, 3.05) is 7.11 Å². The molecule has 0 saturated heterocycles. The summed E-state index contributed by atoms with van der Waals surface area (Å²) in [4.78, 5) is 23.8. The predicted molar refractivity (Wildman–Crippen MR) is 91.5 cm³/mol. The summed E-state index contributed by atoms with van der Waals surface area (Å²) in [7, 11) is 1.55. The molecule has 0 saturated carbocycles. The molecule has 3 aromatic rings. The standard InChI is InChI=1S/C19H18N2O3/c1-12-15(10-13-6-4-3-5-7-13)16-9-8-14(24-2)11-21(16)17(12)18(22)19(20)23/h3-9,11H,10H2,1-2H3,(H2,20,23). The first kappa shape index (κ1) is 15.8. The van der Waals surface area contributed by atoms with Gasteiger partial charge in [-0.3, -0.25) is 9.59 Å². The number of benzene rings is 1. The van der Waals surface area contributed by atoms with Crippen molar-refractivity contribution in [3.05, 3.63) is 71.0 Å². The molecule has 0 unspecified atom stereocenters. The number of hydrogen-bond donors (Lipinski definition) is 1. The zero-order valence-electron chi connectivity index (χ0n) is 13.6. The van der Waals surface area contributed by atoms with E-state index in [4.69, 9.17) is 10.5 Å². The van der Waals surface area contributed by atoms with Crippen LogP contribution in [0.4, 0.5) is 0 Å². The lowest BCUT2D eigenvalue weighted by atomic mass is 10.0. The molecule has 0 atom stereocenters. The fraction of sp³-hybridized carbons (Fsp3) is 0.158. The maximum atomic E-state index is 12.3. The molecule has 2 aromatic heterocycles. The lowest BCUT2D eigenvalue weighted by Gasteiger charge is -2.05. The molecule has 0 aliphatic carbocycles. The van der Waals surface area contributed by atoms with Gasteiger partial charge in [-0.1, -0.05) is 30.3 Å². The third-order valence-electron chi connectivity index (χ3n) is 4.18. The van der Waals surface area contributed by atoms with Crippen molar-refractivity contribution in [3.63, 3.8) is 0 Å². The van der Waals surface area contributed by atoms with Crippen LogP contribution in [0.1, 0.15) is 27.2 Å². The number of fused-ring (bicyclic) bond motifs is 1. The zero-order chi connectivity index (χ0) is 17.3. The Kier molecular flexibility index (Phi) is 4.08. The van der Waals surface area contributed by atoms with Crippen molar-refractivity contribution in [2.24, 2.45) is 5.73 Å². The van der Waals surface area contributed by atoms with Gasteiger partial charge >= 0.3 is 0 Å². The molecular weight excluding hydrogens is 304 g/mol. The SMILES string of the molecule is COc1ccc2c(Cc3ccccc3)c(C)c(C(=O)C(N)=O)n2c1. The summed E-state index contributed by atoms with van der Waals surface area (Å²) in [5.41, 5.74) is 9.26. The Hall–Kier alpha value is -3.08. The molecule has 0 spiro atoms. The van der Waals surface area contributed by atoms with Crippen LogP contribution < -0.4 is 10.5 Å². The van der Waals surface area contributed by atoms with Gasteiger partial charge < -0.3 is 14.9 Å². The molecule has 0 aliphatic rings. The third-order valence-corrected chi connectivity index (χ3v) is 4.18. The third kappa shape index (κ3) is 2.65. The molecule has 5 heteroatoms. The number of pyridine rings is 1. The van der Waals surface area contributed by atoms with Gasteiger partial charge in [-0.2, -0.15) is 0 Å². The molecular formula is C19H18N2O3. The number of nitrogens with two attached hydrogens (primary N) is 1. The largest absolute Gasteiger partial charge is 0.495 e. The first-order chi connectivity index (χ1) is 11.5. The zero-order valence-corrected chi connectivity index (χ0v) is 13.6. The van der Waals surface area contributed by atoms with E-state index in [-0.39, 0.29) is 0 Å². The molecule has 3 rings (SSSR count). The number of ketones is 1. The lowest BCUT2D eigenvalue weighted by Crippen LogP contribution is -2.25. The lowest BCUT2D eigenvalue weighted by molar-refractivity contribution is -0.114. The monoisotopic (exact) mass is 322 g/mol. The van der Waals surface area contributed by atoms with E-state index in [2.05, 4.69) is 0 Å². The van der Waals surface area contributed by atoms with Crippen LogP contribution in [0.15, 0.2) is 48.7 Å². The molecule has 5 nitrogen and oxygen atoms in total. The Bertz CT molecular complexity index is 927. The number of Topliss-reactive ketones (excluding diaryl/α,β-unsaturated/α-hetero) is 1. The summed E-state index contributed by atoms with van der Waals surface area (Å²) in [5, 5.41) is 0. The van der Waals surface area contributed by atoms with Crippen LogP contribution in [0.5, 0.6) is 5.75 Å². The average molecular weight is 322 g/mol. The second kappa shape index (κ2) is 6.20. The van der Waals surface area contributed by atoms with Crippen LogP contribution in [0.3, 0.4) is 0 Å². The average Bonchev–Trinajstić information content (AvgIpc) is 2.86. The van der Waals surface area contributed by atoms with Crippen LogP contribution in [0.2, 0.25) is 0 Å². The number of carbonyl (C=O) groups is 2. The van der Waals surface area contributed by atoms with E-state index in [1.54, 1.807) is 17.7 Å². The number of aromatic nitrogens is 1. The summed E-state index contributed by atoms with van der Waals surface area (Å²) in [6.07, 6.45) is 2.36. The van der Waals surface area contributed by atoms with Gasteiger partial charge in [-0.25, -0.2) is 0 Å². The van der Waals surface area contributed by atoms with Crippen molar-refractivity contribution >= 4 is 17.2 Å². The molecule has 0 radical (unpaired) electrons. The van der Waals surface area contributed by atoms with Crippen molar-refractivity contribution in [2.45, 2.75) is 13.3 Å². The minimum atomic E-state index is -0.966. The van der Waals surface area contributed by atoms with Crippen LogP contribution in [0.25, 0.3) is 5.52 Å². The number of nitrogens with zero attached hydrogens (tertiary/aromatic N) is 1. The van der Waals surface area contributed by atoms with Crippen LogP contribution in [-0.2, 0) is 11.2 Å². The van der Waals surface area contributed by atoms with Gasteiger partial charge in [0.1, 0.15) is 11.4 Å². The highest BCUT2D eigenvalue weighted by Gasteiger charge is 2.24. The number of methoxy groups -OCH3 is 1. The number of primary amides is 1. The van der Waals surface area contributed by atoms with E-state index < -0.39 is 11.7 Å². The number of amides is 1. The Labute approximate surface area is 139 Å². The highest BCUT2D eigenvalue weighted by molar-refractivity contribution is 6.42. The summed E-state index contributed by atoms with van der Waals surface area (Å²) in [6.45, 7) is 1.84. The molecule has 122 valence electrons. The molecule has 0 fully saturated rings. The summed E-state index contributed by atoms with van der Waals surface area (Å²) in [6, 6.07) is 13.7. The van der Waals surface area contributed by atoms with E-state index in [0.29, 0.717) is 17.9 Å². The molecule has 24 heavy (non-hydrogen) atoms. The smallest absolute Gasteiger partial charge is 0.291 e. The van der Waals surface area contributed by atoms with E-state index in [9.17, 15) is 9.59 Å². The van der Waals surface area contributed by atoms with Gasteiger partial charge in [0.25, 0.3) is 11.7 Å². The van der Waals surface area contributed by atoms with Crippen LogP contribution in [-0.4, -0.2) is 23.2 Å². The second-order valence-electron chi connectivity index (χ2n) is 5.63. The van der Waals surface area contributed by atoms with Gasteiger partial charge in [0, 0.05) is 5.52 Å². The summed E-state index contributed by atoms with van der Waals surface area (Å²) >= 11 is 0. The Morgan fingerprint density at radius 3 is 2.46 bits per heavy atom. The maximum Gasteiger partial charge on any atom is 0.291 e. The highest BCUT2D eigenvalue weighted by atomic mass is 16.5. The Balaban J connectivity index is 2.24. The summed E-state index contributed by atoms with van der Waals surface area (Å²) in [5.74, 6) is -1.07. The topological polar surface area (TPSA) is 73.8 Å². The molecule has 1 aromatic carbocycles. The van der Waals surface area contributed by atoms with E-state index in [1.165, 1.54) is 0 Å². The molecule has 2 heterocycles. The number of ether oxygens (including phenoxy) is 1. The fourth-order valence-corrected chi connectivity index (χ4v) is 2.97. The number of hydrogen-bond acceptors (Lipinski definition) is 3. The molecule has 2 N–H and O–H groups in total. The van der Waals surface area contributed by atoms with Gasteiger partial charge in [-0.05, 0) is 42.2 Å².